The standard InChI is InChI=1S/C15H23NO.C13H18F3N3O.C13H21N3O.C8H8O2.C7H17N.2ClH/c1-4-5-8-12(2)11-16-15(17)14-10-7-6-9-13(14)3;14-13(15,16)11-6-2-1-5-10(11)12(20)19-8-9(18)4-3-7-17;1-10-5-2-3-7-12(10)13(17)16-9-11(15)6-4-8-14;1-7-4-2-3-5-8(7)10-6-9;1-3-4-5-7(2)6-8;;/h6-7,9-10,12H,4-5,8,11H2,1-3H3,(H,16,17);1-2,5-6,9H,3-4,7-8,17-18H2,(H,19,20);2-3,5,7,11H,4,6,8-9,14-15H2,1H3,(H,16,17);2-6H,1H3;7H,3-6,8H2,1-2H3;2*1H/t12-;9-;11-;;7-;;/m000.0../s1. The average molecular weight is 1080 g/mol. The number of nitrogens with one attached hydrogen (secondary N) is 3. The Hall–Kier alpha value is -5.07. The average Bonchev–Trinajstić information content (AvgIpc) is 3.37. The van der Waals surface area contributed by atoms with Gasteiger partial charge in [-0.25, -0.2) is 0 Å². The van der Waals surface area contributed by atoms with Gasteiger partial charge in [-0.3, -0.25) is 19.2 Å². The van der Waals surface area contributed by atoms with Crippen LogP contribution in [0.15, 0.2) is 97.1 Å². The van der Waals surface area contributed by atoms with Crippen molar-refractivity contribution in [1.29, 1.82) is 0 Å². The zero-order valence-corrected chi connectivity index (χ0v) is 46.5. The fourth-order valence-electron chi connectivity index (χ4n) is 6.68. The SMILES string of the molecule is CCCC[C@H](C)CN.CCCC[C@H](C)CNC(=O)c1ccccc1C.Cc1ccccc1C(=O)NC[C@@H](N)CCCN.Cc1ccccc1OC=O.[Cl-].[Cl-].[NH3+]CCC[C@H]([NH3+])CNC(=O)c1ccccc1C(F)(F)F. The Labute approximate surface area is 452 Å². The molecule has 74 heavy (non-hydrogen) atoms. The number of ether oxygens (including phenoxy) is 1. The number of carbonyl (C=O) groups is 4. The molecular formula is C56H89Cl2F3N8O5. The van der Waals surface area contributed by atoms with Gasteiger partial charge in [-0.1, -0.05) is 120 Å². The molecule has 4 aromatic carbocycles. The van der Waals surface area contributed by atoms with Crippen LogP contribution in [0.1, 0.15) is 145 Å². The first kappa shape index (κ1) is 73.2. The van der Waals surface area contributed by atoms with E-state index >= 15 is 0 Å². The Kier molecular flexibility index (Phi) is 43.8. The van der Waals surface area contributed by atoms with Crippen LogP contribution in [0.4, 0.5) is 13.2 Å². The van der Waals surface area contributed by atoms with Crippen LogP contribution in [0.2, 0.25) is 0 Å². The van der Waals surface area contributed by atoms with Crippen molar-refractivity contribution in [2.24, 2.45) is 29.0 Å². The summed E-state index contributed by atoms with van der Waals surface area (Å²) in [5.74, 6) is 1.18. The van der Waals surface area contributed by atoms with Crippen molar-refractivity contribution < 1.29 is 73.4 Å². The molecular weight excluding hydrogens is 993 g/mol. The normalized spacial score (nSPS) is 11.8. The third-order valence-corrected chi connectivity index (χ3v) is 11.4. The van der Waals surface area contributed by atoms with Crippen LogP contribution in [0.5, 0.6) is 5.75 Å². The molecule has 0 heterocycles. The maximum atomic E-state index is 12.8. The highest BCUT2D eigenvalue weighted by atomic mass is 35.5. The highest BCUT2D eigenvalue weighted by Gasteiger charge is 2.34. The summed E-state index contributed by atoms with van der Waals surface area (Å²) < 4.78 is 43.0. The van der Waals surface area contributed by atoms with Gasteiger partial charge in [0.1, 0.15) is 11.8 Å². The van der Waals surface area contributed by atoms with E-state index in [0.717, 1.165) is 79.6 Å². The predicted molar refractivity (Wildman–Crippen MR) is 285 cm³/mol. The molecule has 0 aliphatic rings. The van der Waals surface area contributed by atoms with Gasteiger partial charge in [0, 0.05) is 43.1 Å². The number of benzene rings is 4. The molecule has 18 heteroatoms. The Bertz CT molecular complexity index is 2030. The van der Waals surface area contributed by atoms with E-state index in [9.17, 15) is 32.3 Å². The van der Waals surface area contributed by atoms with Crippen molar-refractivity contribution in [3.63, 3.8) is 0 Å². The summed E-state index contributed by atoms with van der Waals surface area (Å²) in [7, 11) is 0. The molecule has 418 valence electrons. The van der Waals surface area contributed by atoms with Crippen LogP contribution < -0.4 is 74.2 Å². The van der Waals surface area contributed by atoms with Crippen molar-refractivity contribution in [2.75, 3.05) is 39.3 Å². The maximum Gasteiger partial charge on any atom is 0.417 e. The number of unbranched alkanes of at least 4 members (excludes halogenated alkanes) is 2. The smallest absolute Gasteiger partial charge is 0.417 e. The van der Waals surface area contributed by atoms with Crippen molar-refractivity contribution in [3.05, 3.63) is 136 Å². The van der Waals surface area contributed by atoms with Gasteiger partial charge in [0.25, 0.3) is 24.2 Å². The summed E-state index contributed by atoms with van der Waals surface area (Å²) in [6.07, 6.45) is 6.42. The largest absolute Gasteiger partial charge is 1.00 e. The summed E-state index contributed by atoms with van der Waals surface area (Å²) in [6.45, 7) is 18.8. The van der Waals surface area contributed by atoms with Crippen molar-refractivity contribution in [2.45, 2.75) is 131 Å². The Morgan fingerprint density at radius 2 is 1.07 bits per heavy atom. The number of amides is 3. The summed E-state index contributed by atoms with van der Waals surface area (Å²) in [4.78, 5) is 45.5. The van der Waals surface area contributed by atoms with Crippen LogP contribution in [0.25, 0.3) is 0 Å². The number of alkyl halides is 3. The molecule has 0 saturated carbocycles. The van der Waals surface area contributed by atoms with Crippen LogP contribution in [-0.4, -0.2) is 75.5 Å². The lowest BCUT2D eigenvalue weighted by molar-refractivity contribution is -0.423. The van der Waals surface area contributed by atoms with Gasteiger partial charge in [0.15, 0.2) is 0 Å². The van der Waals surface area contributed by atoms with Crippen molar-refractivity contribution in [1.82, 2.24) is 16.0 Å². The zero-order valence-electron chi connectivity index (χ0n) is 45.0. The second-order valence-electron chi connectivity index (χ2n) is 18.1. The molecule has 3 amide bonds. The zero-order chi connectivity index (χ0) is 54.3. The highest BCUT2D eigenvalue weighted by molar-refractivity contribution is 5.96. The molecule has 0 radical (unpaired) electrons. The third kappa shape index (κ3) is 33.7. The van der Waals surface area contributed by atoms with Crippen LogP contribution >= 0.6 is 0 Å². The number of halogens is 5. The first-order chi connectivity index (χ1) is 34.3. The lowest BCUT2D eigenvalue weighted by Gasteiger charge is -2.13. The van der Waals surface area contributed by atoms with Crippen LogP contribution in [0.3, 0.4) is 0 Å². The van der Waals surface area contributed by atoms with Gasteiger partial charge in [-0.15, -0.1) is 0 Å². The first-order valence-electron chi connectivity index (χ1n) is 25.4. The number of quaternary nitrogens is 2. The van der Waals surface area contributed by atoms with Gasteiger partial charge >= 0.3 is 6.18 Å². The van der Waals surface area contributed by atoms with E-state index in [4.69, 9.17) is 17.2 Å². The minimum absolute atomic E-state index is 0. The molecule has 0 bridgehead atoms. The Morgan fingerprint density at radius 1 is 0.622 bits per heavy atom. The number of carbonyl (C=O) groups excluding carboxylic acids is 4. The lowest BCUT2D eigenvalue weighted by atomic mass is 10.0. The fourth-order valence-corrected chi connectivity index (χ4v) is 6.68. The second kappa shape index (κ2) is 44.2. The molecule has 4 atom stereocenters. The molecule has 0 unspecified atom stereocenters. The van der Waals surface area contributed by atoms with Crippen molar-refractivity contribution >= 4 is 24.2 Å². The monoisotopic (exact) mass is 1080 g/mol. The Morgan fingerprint density at radius 3 is 1.53 bits per heavy atom. The van der Waals surface area contributed by atoms with Gasteiger partial charge < -0.3 is 74.2 Å². The molecule has 4 rings (SSSR count). The number of nitrogens with two attached hydrogens (primary N) is 3. The van der Waals surface area contributed by atoms with E-state index in [1.807, 2.05) is 87.5 Å². The minimum Gasteiger partial charge on any atom is -1.00 e. The van der Waals surface area contributed by atoms with Crippen molar-refractivity contribution in [3.8, 4) is 5.75 Å². The Balaban J connectivity index is -0.000000873. The number of hydrogen-bond acceptors (Lipinski definition) is 8. The van der Waals surface area contributed by atoms with Crippen LogP contribution in [0, 0.1) is 32.6 Å². The highest BCUT2D eigenvalue weighted by Crippen LogP contribution is 2.31. The minimum atomic E-state index is -4.54. The number of para-hydroxylation sites is 1. The van der Waals surface area contributed by atoms with E-state index in [1.165, 1.54) is 56.7 Å². The van der Waals surface area contributed by atoms with E-state index < -0.39 is 17.6 Å². The molecule has 0 aliphatic carbocycles. The van der Waals surface area contributed by atoms with Crippen LogP contribution in [-0.2, 0) is 11.0 Å². The summed E-state index contributed by atoms with van der Waals surface area (Å²) in [6, 6.07) is 27.3. The van der Waals surface area contributed by atoms with E-state index in [0.29, 0.717) is 36.8 Å². The number of rotatable bonds is 24. The third-order valence-electron chi connectivity index (χ3n) is 11.4. The summed E-state index contributed by atoms with van der Waals surface area (Å²) >= 11 is 0. The molecule has 13 nitrogen and oxygen atoms in total. The molecule has 0 aliphatic heterocycles. The number of aryl methyl sites for hydroxylation is 3. The first-order valence-corrected chi connectivity index (χ1v) is 25.4. The van der Waals surface area contributed by atoms with Gasteiger partial charge in [-0.2, -0.15) is 13.2 Å². The predicted octanol–water partition coefficient (Wildman–Crippen LogP) is 1.72. The van der Waals surface area contributed by atoms with E-state index in [-0.39, 0.29) is 60.8 Å². The van der Waals surface area contributed by atoms with Gasteiger partial charge in [0.05, 0.1) is 24.2 Å². The maximum absolute atomic E-state index is 12.8. The second-order valence-corrected chi connectivity index (χ2v) is 18.1. The molecule has 0 fully saturated rings. The van der Waals surface area contributed by atoms with E-state index in [2.05, 4.69) is 59.8 Å². The molecule has 0 aromatic heterocycles. The topological polar surface area (TPSA) is 247 Å². The van der Waals surface area contributed by atoms with Gasteiger partial charge in [0.2, 0.25) is 0 Å². The molecule has 4 aromatic rings. The number of hydrogen-bond donors (Lipinski definition) is 8. The molecule has 15 N–H and O–H groups in total. The molecule has 0 spiro atoms. The summed E-state index contributed by atoms with van der Waals surface area (Å²) in [5.41, 5.74) is 27.4. The lowest BCUT2D eigenvalue weighted by Crippen LogP contribution is -3.00. The quantitative estimate of drug-likeness (QED) is 0.0480. The van der Waals surface area contributed by atoms with E-state index in [1.54, 1.807) is 6.07 Å². The summed E-state index contributed by atoms with van der Waals surface area (Å²) in [5, 5.41) is 8.35. The van der Waals surface area contributed by atoms with Gasteiger partial charge in [-0.05, 0) is 118 Å². The fraction of sp³-hybridized carbons (Fsp3) is 0.500. The molecule has 0 saturated heterocycles.